The number of benzene rings is 1. The normalized spacial score (nSPS) is 11.2. The third-order valence-corrected chi connectivity index (χ3v) is 5.00. The number of hydrogen-bond acceptors (Lipinski definition) is 2. The molecule has 0 saturated carbocycles. The van der Waals surface area contributed by atoms with E-state index in [1.54, 1.807) is 12.1 Å². The monoisotopic (exact) mass is 349 g/mol. The van der Waals surface area contributed by atoms with Crippen molar-refractivity contribution in [2.24, 2.45) is 0 Å². The minimum atomic E-state index is -4.10. The van der Waals surface area contributed by atoms with Gasteiger partial charge in [0.15, 0.2) is 0 Å². The van der Waals surface area contributed by atoms with Crippen molar-refractivity contribution in [1.29, 1.82) is 0 Å². The molecule has 0 fully saturated rings. The molecule has 1 aromatic rings. The van der Waals surface area contributed by atoms with Crippen LogP contribution < -0.4 is 0 Å². The standard InChI is InChI=1S/C18H30O3S.Na/c1-2-3-4-5-6-7-8-9-10-11-14-17-15-12-13-16-18(17)22(19,20)21;/h12-13,15-16H,2-11,14H2,1H3,(H,19,20,21);. The average molecular weight is 349 g/mol. The molecular weight excluding hydrogens is 319 g/mol. The molecule has 0 amide bonds. The summed E-state index contributed by atoms with van der Waals surface area (Å²) in [6, 6.07) is 6.73. The van der Waals surface area contributed by atoms with Crippen molar-refractivity contribution in [2.45, 2.75) is 82.4 Å². The summed E-state index contributed by atoms with van der Waals surface area (Å²) in [6.45, 7) is 2.24. The molecule has 0 heterocycles. The van der Waals surface area contributed by atoms with Gasteiger partial charge in [0, 0.05) is 29.6 Å². The first-order chi connectivity index (χ1) is 10.6. The molecule has 1 rings (SSSR count). The molecule has 3 nitrogen and oxygen atoms in total. The molecule has 1 N–H and O–H groups in total. The zero-order valence-corrected chi connectivity index (χ0v) is 17.6. The third-order valence-electron chi connectivity index (χ3n) is 4.05. The first-order valence-corrected chi connectivity index (χ1v) is 10.0. The molecule has 0 aliphatic rings. The quantitative estimate of drug-likeness (QED) is 0.328. The Balaban J connectivity index is 0.00000484. The smallest absolute Gasteiger partial charge is 0.282 e. The van der Waals surface area contributed by atoms with Gasteiger partial charge in [-0.1, -0.05) is 82.9 Å². The molecule has 1 radical (unpaired) electrons. The summed E-state index contributed by atoms with van der Waals surface area (Å²) in [6.07, 6.45) is 13.3. The van der Waals surface area contributed by atoms with Crippen molar-refractivity contribution in [3.05, 3.63) is 29.8 Å². The number of aryl methyl sites for hydroxylation is 1. The topological polar surface area (TPSA) is 54.4 Å². The van der Waals surface area contributed by atoms with E-state index in [1.165, 1.54) is 57.4 Å². The Morgan fingerprint density at radius 1 is 0.826 bits per heavy atom. The molecule has 0 bridgehead atoms. The maximum Gasteiger partial charge on any atom is 0.294 e. The van der Waals surface area contributed by atoms with E-state index in [4.69, 9.17) is 0 Å². The van der Waals surface area contributed by atoms with E-state index >= 15 is 0 Å². The van der Waals surface area contributed by atoms with Crippen LogP contribution >= 0.6 is 0 Å². The van der Waals surface area contributed by atoms with E-state index in [-0.39, 0.29) is 34.5 Å². The van der Waals surface area contributed by atoms with Crippen molar-refractivity contribution >= 4 is 39.7 Å². The summed E-state index contributed by atoms with van der Waals surface area (Å²) < 4.78 is 31.8. The summed E-state index contributed by atoms with van der Waals surface area (Å²) in [5.41, 5.74) is 0.726. The Morgan fingerprint density at radius 3 is 1.83 bits per heavy atom. The Kier molecular flexibility index (Phi) is 13.5. The Hall–Kier alpha value is 0.130. The molecule has 23 heavy (non-hydrogen) atoms. The zero-order chi connectivity index (χ0) is 16.3. The van der Waals surface area contributed by atoms with Crippen LogP contribution in [0.3, 0.4) is 0 Å². The SMILES string of the molecule is CCCCCCCCCCCCc1ccccc1S(=O)(=O)O.[Na]. The molecule has 0 aliphatic carbocycles. The van der Waals surface area contributed by atoms with Gasteiger partial charge >= 0.3 is 0 Å². The largest absolute Gasteiger partial charge is 0.294 e. The van der Waals surface area contributed by atoms with Crippen molar-refractivity contribution in [1.82, 2.24) is 0 Å². The van der Waals surface area contributed by atoms with Gasteiger partial charge in [0.05, 0.1) is 4.90 Å². The van der Waals surface area contributed by atoms with Crippen LogP contribution in [0.5, 0.6) is 0 Å². The first-order valence-electron chi connectivity index (χ1n) is 8.61. The van der Waals surface area contributed by atoms with E-state index in [0.29, 0.717) is 6.42 Å². The third kappa shape index (κ3) is 10.6. The maximum absolute atomic E-state index is 11.3. The van der Waals surface area contributed by atoms with E-state index in [2.05, 4.69) is 6.92 Å². The van der Waals surface area contributed by atoms with Crippen LogP contribution in [0.25, 0.3) is 0 Å². The van der Waals surface area contributed by atoms with Crippen LogP contribution in [0.4, 0.5) is 0 Å². The summed E-state index contributed by atoms with van der Waals surface area (Å²) in [7, 11) is -4.10. The van der Waals surface area contributed by atoms with E-state index in [9.17, 15) is 13.0 Å². The number of unbranched alkanes of at least 4 members (excludes halogenated alkanes) is 9. The fourth-order valence-electron chi connectivity index (χ4n) is 2.76. The maximum atomic E-state index is 11.3. The number of hydrogen-bond donors (Lipinski definition) is 1. The molecule has 0 atom stereocenters. The molecule has 0 aromatic heterocycles. The minimum absolute atomic E-state index is 0. The van der Waals surface area contributed by atoms with Crippen molar-refractivity contribution < 1.29 is 13.0 Å². The first kappa shape index (κ1) is 23.1. The van der Waals surface area contributed by atoms with Crippen molar-refractivity contribution in [2.75, 3.05) is 0 Å². The number of rotatable bonds is 12. The van der Waals surface area contributed by atoms with E-state index in [0.717, 1.165) is 18.4 Å². The molecule has 5 heteroatoms. The fraction of sp³-hybridized carbons (Fsp3) is 0.667. The Bertz CT molecular complexity index is 515. The molecule has 0 saturated heterocycles. The summed E-state index contributed by atoms with van der Waals surface area (Å²) in [4.78, 5) is 0.0610. The summed E-state index contributed by atoms with van der Waals surface area (Å²) >= 11 is 0. The predicted octanol–water partition coefficient (Wildman–Crippen LogP) is 5.02. The second-order valence-corrected chi connectivity index (χ2v) is 7.40. The van der Waals surface area contributed by atoms with Gasteiger partial charge in [0.2, 0.25) is 0 Å². The minimum Gasteiger partial charge on any atom is -0.282 e. The molecule has 127 valence electrons. The van der Waals surface area contributed by atoms with Crippen LogP contribution in [-0.2, 0) is 16.5 Å². The Morgan fingerprint density at radius 2 is 1.30 bits per heavy atom. The van der Waals surface area contributed by atoms with Crippen LogP contribution in [-0.4, -0.2) is 42.5 Å². The summed E-state index contributed by atoms with van der Waals surface area (Å²) in [5, 5.41) is 0. The van der Waals surface area contributed by atoms with Crippen LogP contribution in [0.1, 0.15) is 76.7 Å². The van der Waals surface area contributed by atoms with Crippen molar-refractivity contribution in [3.63, 3.8) is 0 Å². The van der Waals surface area contributed by atoms with E-state index in [1.807, 2.05) is 6.07 Å². The predicted molar refractivity (Wildman–Crippen MR) is 97.6 cm³/mol. The van der Waals surface area contributed by atoms with Gasteiger partial charge in [0.1, 0.15) is 0 Å². The van der Waals surface area contributed by atoms with Crippen LogP contribution in [0.15, 0.2) is 29.2 Å². The second kappa shape index (κ2) is 13.4. The molecular formula is C18H30NaO3S. The van der Waals surface area contributed by atoms with Gasteiger partial charge in [-0.2, -0.15) is 8.42 Å². The van der Waals surface area contributed by atoms with Crippen LogP contribution in [0, 0.1) is 0 Å². The fourth-order valence-corrected chi connectivity index (χ4v) is 3.52. The Labute approximate surface area is 164 Å². The van der Waals surface area contributed by atoms with Gasteiger partial charge in [0.25, 0.3) is 10.1 Å². The van der Waals surface area contributed by atoms with Crippen molar-refractivity contribution in [3.8, 4) is 0 Å². The van der Waals surface area contributed by atoms with Crippen LogP contribution in [0.2, 0.25) is 0 Å². The molecule has 0 spiro atoms. The summed E-state index contributed by atoms with van der Waals surface area (Å²) in [5.74, 6) is 0. The average Bonchev–Trinajstić information content (AvgIpc) is 2.48. The van der Waals surface area contributed by atoms with Gasteiger partial charge in [-0.05, 0) is 24.5 Å². The van der Waals surface area contributed by atoms with Gasteiger partial charge in [-0.15, -0.1) is 0 Å². The van der Waals surface area contributed by atoms with E-state index < -0.39 is 10.1 Å². The van der Waals surface area contributed by atoms with Gasteiger partial charge in [-0.25, -0.2) is 0 Å². The molecule has 0 aliphatic heterocycles. The molecule has 1 aromatic carbocycles. The van der Waals surface area contributed by atoms with Gasteiger partial charge in [-0.3, -0.25) is 4.55 Å². The molecule has 0 unspecified atom stereocenters. The second-order valence-electron chi connectivity index (χ2n) is 6.01. The van der Waals surface area contributed by atoms with Gasteiger partial charge < -0.3 is 0 Å². The zero-order valence-electron chi connectivity index (χ0n) is 14.8.